The van der Waals surface area contributed by atoms with Gasteiger partial charge < -0.3 is 9.32 Å². The van der Waals surface area contributed by atoms with Crippen molar-refractivity contribution < 1.29 is 12.8 Å². The van der Waals surface area contributed by atoms with Crippen molar-refractivity contribution in [1.29, 1.82) is 0 Å². The molecule has 0 bridgehead atoms. The Balaban J connectivity index is 1.49. The molecule has 4 rings (SSSR count). The van der Waals surface area contributed by atoms with Gasteiger partial charge >= 0.3 is 5.76 Å². The van der Waals surface area contributed by atoms with Crippen molar-refractivity contribution in [3.05, 3.63) is 58.6 Å². The second kappa shape index (κ2) is 6.86. The van der Waals surface area contributed by atoms with Gasteiger partial charge in [-0.1, -0.05) is 19.1 Å². The van der Waals surface area contributed by atoms with E-state index in [1.165, 1.54) is 4.31 Å². The average molecular weight is 387 g/mol. The third kappa shape index (κ3) is 3.38. The Hall–Kier alpha value is -2.58. The van der Waals surface area contributed by atoms with Crippen molar-refractivity contribution in [3.8, 4) is 0 Å². The fraction of sp³-hybridized carbons (Fsp3) is 0.316. The highest BCUT2D eigenvalue weighted by molar-refractivity contribution is 7.89. The van der Waals surface area contributed by atoms with Gasteiger partial charge in [0.1, 0.15) is 0 Å². The van der Waals surface area contributed by atoms with E-state index < -0.39 is 15.8 Å². The molecule has 0 radical (unpaired) electrons. The number of H-pyrrole nitrogens is 1. The summed E-state index contributed by atoms with van der Waals surface area (Å²) in [6, 6.07) is 12.6. The highest BCUT2D eigenvalue weighted by Gasteiger charge is 2.28. The number of anilines is 1. The zero-order chi connectivity index (χ0) is 19.0. The van der Waals surface area contributed by atoms with Gasteiger partial charge in [-0.2, -0.15) is 4.31 Å². The van der Waals surface area contributed by atoms with Gasteiger partial charge in [0.05, 0.1) is 10.4 Å². The van der Waals surface area contributed by atoms with E-state index in [1.807, 2.05) is 31.2 Å². The molecular formula is C19H21N3O4S. The molecule has 2 aromatic carbocycles. The molecule has 0 aliphatic carbocycles. The molecule has 27 heavy (non-hydrogen) atoms. The highest BCUT2D eigenvalue weighted by atomic mass is 32.2. The zero-order valence-electron chi connectivity index (χ0n) is 15.0. The summed E-state index contributed by atoms with van der Waals surface area (Å²) < 4.78 is 32.3. The second-order valence-electron chi connectivity index (χ2n) is 6.58. The molecule has 1 saturated heterocycles. The Bertz CT molecular complexity index is 1110. The second-order valence-corrected chi connectivity index (χ2v) is 8.52. The van der Waals surface area contributed by atoms with Crippen molar-refractivity contribution in [2.45, 2.75) is 18.2 Å². The third-order valence-corrected chi connectivity index (χ3v) is 6.89. The van der Waals surface area contributed by atoms with E-state index >= 15 is 0 Å². The smallest absolute Gasteiger partial charge is 0.408 e. The van der Waals surface area contributed by atoms with Crippen molar-refractivity contribution in [2.75, 3.05) is 31.1 Å². The summed E-state index contributed by atoms with van der Waals surface area (Å²) >= 11 is 0. The molecular weight excluding hydrogens is 366 g/mol. The Morgan fingerprint density at radius 2 is 1.74 bits per heavy atom. The van der Waals surface area contributed by atoms with Crippen LogP contribution in [0.5, 0.6) is 0 Å². The normalized spacial score (nSPS) is 16.1. The largest absolute Gasteiger partial charge is 0.417 e. The van der Waals surface area contributed by atoms with Gasteiger partial charge in [-0.3, -0.25) is 4.98 Å². The number of nitrogens with zero attached hydrogens (tertiary/aromatic N) is 2. The van der Waals surface area contributed by atoms with Gasteiger partial charge in [-0.25, -0.2) is 13.2 Å². The number of fused-ring (bicyclic) bond motifs is 1. The first-order valence-electron chi connectivity index (χ1n) is 8.94. The lowest BCUT2D eigenvalue weighted by Crippen LogP contribution is -2.48. The van der Waals surface area contributed by atoms with E-state index in [2.05, 4.69) is 9.88 Å². The van der Waals surface area contributed by atoms with Gasteiger partial charge in [0.15, 0.2) is 5.58 Å². The number of hydrogen-bond acceptors (Lipinski definition) is 5. The van der Waals surface area contributed by atoms with Crippen molar-refractivity contribution in [1.82, 2.24) is 9.29 Å². The van der Waals surface area contributed by atoms with Crippen LogP contribution in [0.2, 0.25) is 0 Å². The molecule has 1 N–H and O–H groups in total. The first-order chi connectivity index (χ1) is 13.0. The first-order valence-corrected chi connectivity index (χ1v) is 10.4. The van der Waals surface area contributed by atoms with Crippen LogP contribution in [0.25, 0.3) is 11.1 Å². The monoisotopic (exact) mass is 387 g/mol. The summed E-state index contributed by atoms with van der Waals surface area (Å²) in [4.78, 5) is 16.4. The Labute approximate surface area is 157 Å². The van der Waals surface area contributed by atoms with Crippen LogP contribution in [0.15, 0.2) is 56.6 Å². The highest BCUT2D eigenvalue weighted by Crippen LogP contribution is 2.24. The summed E-state index contributed by atoms with van der Waals surface area (Å²) in [6.07, 6.45) is 0.880. The number of oxazole rings is 1. The molecule has 0 spiro atoms. The maximum atomic E-state index is 12.9. The predicted molar refractivity (Wildman–Crippen MR) is 104 cm³/mol. The minimum atomic E-state index is -3.48. The van der Waals surface area contributed by atoms with E-state index in [0.29, 0.717) is 42.2 Å². The molecule has 2 heterocycles. The van der Waals surface area contributed by atoms with E-state index in [1.54, 1.807) is 18.2 Å². The average Bonchev–Trinajstić information content (AvgIpc) is 3.07. The minimum absolute atomic E-state index is 0.338. The van der Waals surface area contributed by atoms with Crippen molar-refractivity contribution in [2.24, 2.45) is 0 Å². The van der Waals surface area contributed by atoms with Gasteiger partial charge in [0.25, 0.3) is 0 Å². The number of rotatable bonds is 4. The minimum Gasteiger partial charge on any atom is -0.408 e. The lowest BCUT2D eigenvalue weighted by molar-refractivity contribution is 0.385. The molecule has 1 aliphatic heterocycles. The Kier molecular flexibility index (Phi) is 4.53. The summed E-state index contributed by atoms with van der Waals surface area (Å²) in [6.45, 7) is 4.04. The summed E-state index contributed by atoms with van der Waals surface area (Å²) in [5, 5.41) is 0. The third-order valence-electron chi connectivity index (χ3n) is 4.98. The van der Waals surface area contributed by atoms with Crippen LogP contribution in [-0.4, -0.2) is 43.9 Å². The van der Waals surface area contributed by atoms with Crippen LogP contribution in [0.4, 0.5) is 5.69 Å². The molecule has 1 aliphatic rings. The topological polar surface area (TPSA) is 86.6 Å². The van der Waals surface area contributed by atoms with E-state index in [4.69, 9.17) is 4.42 Å². The van der Waals surface area contributed by atoms with E-state index in [-0.39, 0.29) is 0 Å². The van der Waals surface area contributed by atoms with Gasteiger partial charge in [-0.05, 0) is 42.3 Å². The van der Waals surface area contributed by atoms with Crippen LogP contribution in [0.3, 0.4) is 0 Å². The molecule has 7 nitrogen and oxygen atoms in total. The number of benzene rings is 2. The van der Waals surface area contributed by atoms with Gasteiger partial charge in [-0.15, -0.1) is 0 Å². The molecule has 0 amide bonds. The molecule has 1 fully saturated rings. The number of aromatic nitrogens is 1. The molecule has 1 aromatic heterocycles. The molecule has 0 saturated carbocycles. The number of piperazine rings is 1. The van der Waals surface area contributed by atoms with Crippen LogP contribution in [0, 0.1) is 0 Å². The Morgan fingerprint density at radius 3 is 2.41 bits per heavy atom. The van der Waals surface area contributed by atoms with Crippen LogP contribution in [0.1, 0.15) is 12.5 Å². The van der Waals surface area contributed by atoms with Crippen LogP contribution in [-0.2, 0) is 16.4 Å². The van der Waals surface area contributed by atoms with Crippen molar-refractivity contribution >= 4 is 26.8 Å². The zero-order valence-corrected chi connectivity index (χ0v) is 15.8. The number of aromatic amines is 1. The fourth-order valence-corrected chi connectivity index (χ4v) is 4.79. The quantitative estimate of drug-likeness (QED) is 0.742. The number of aryl methyl sites for hydroxylation is 1. The summed E-state index contributed by atoms with van der Waals surface area (Å²) in [5.41, 5.74) is 3.21. The van der Waals surface area contributed by atoms with Crippen LogP contribution < -0.4 is 10.7 Å². The molecule has 142 valence electrons. The lowest BCUT2D eigenvalue weighted by atomic mass is 10.2. The van der Waals surface area contributed by atoms with Crippen LogP contribution >= 0.6 is 0 Å². The predicted octanol–water partition coefficient (Wildman–Crippen LogP) is 2.19. The van der Waals surface area contributed by atoms with Gasteiger partial charge in [0, 0.05) is 31.9 Å². The SMILES string of the molecule is CCc1ccc(S(=O)(=O)N2CCN(c3ccc4oc(=O)[nH]c4c3)CC2)cc1. The maximum absolute atomic E-state index is 12.9. The lowest BCUT2D eigenvalue weighted by Gasteiger charge is -2.35. The molecule has 0 atom stereocenters. The van der Waals surface area contributed by atoms with Crippen molar-refractivity contribution in [3.63, 3.8) is 0 Å². The summed E-state index contributed by atoms with van der Waals surface area (Å²) in [5.74, 6) is -0.479. The maximum Gasteiger partial charge on any atom is 0.417 e. The molecule has 3 aromatic rings. The molecule has 0 unspecified atom stereocenters. The standard InChI is InChI=1S/C19H21N3O4S/c1-2-14-3-6-16(7-4-14)27(24,25)22-11-9-21(10-12-22)15-5-8-18-17(13-15)20-19(23)26-18/h3-8,13H,2,9-12H2,1H3,(H,20,23). The molecule has 8 heteroatoms. The number of nitrogens with one attached hydrogen (secondary N) is 1. The Morgan fingerprint density at radius 1 is 1.04 bits per heavy atom. The van der Waals surface area contributed by atoms with E-state index in [0.717, 1.165) is 17.7 Å². The van der Waals surface area contributed by atoms with E-state index in [9.17, 15) is 13.2 Å². The first kappa shape index (κ1) is 17.8. The number of sulfonamides is 1. The fourth-order valence-electron chi connectivity index (χ4n) is 3.37. The summed E-state index contributed by atoms with van der Waals surface area (Å²) in [7, 11) is -3.48. The van der Waals surface area contributed by atoms with Gasteiger partial charge in [0.2, 0.25) is 10.0 Å². The number of hydrogen-bond donors (Lipinski definition) is 1.